The standard InChI is InChI=1S/C27H46O/c1-2-3-4-5-6-7-8-9-10-11-12-13-14-15-16-17-18-19-22-26-23-20-21-24-27(26)25-28/h20-21,23-25H,2-19,22H2,1H3. The maximum absolute atomic E-state index is 11.0. The first-order chi connectivity index (χ1) is 13.9. The zero-order chi connectivity index (χ0) is 20.1. The van der Waals surface area contributed by atoms with Crippen LogP contribution in [0.2, 0.25) is 0 Å². The molecule has 0 amide bonds. The number of aryl methyl sites for hydroxylation is 1. The van der Waals surface area contributed by atoms with Gasteiger partial charge in [0, 0.05) is 5.56 Å². The Bertz CT molecular complexity index is 465. The van der Waals surface area contributed by atoms with Gasteiger partial charge in [0.25, 0.3) is 0 Å². The highest BCUT2D eigenvalue weighted by molar-refractivity contribution is 5.77. The summed E-state index contributed by atoms with van der Waals surface area (Å²) >= 11 is 0. The lowest BCUT2D eigenvalue weighted by atomic mass is 10.0. The first kappa shape index (κ1) is 24.9. The molecule has 0 atom stereocenters. The molecular formula is C27H46O. The number of unbranched alkanes of at least 4 members (excludes halogenated alkanes) is 17. The van der Waals surface area contributed by atoms with Gasteiger partial charge in [-0.2, -0.15) is 0 Å². The number of rotatable bonds is 20. The highest BCUT2D eigenvalue weighted by Crippen LogP contribution is 2.15. The lowest BCUT2D eigenvalue weighted by molar-refractivity contribution is 0.112. The SMILES string of the molecule is CCCCCCCCCCCCCCCCCCCCc1ccccc1C=O. The van der Waals surface area contributed by atoms with Crippen molar-refractivity contribution in [3.05, 3.63) is 35.4 Å². The molecule has 0 unspecified atom stereocenters. The summed E-state index contributed by atoms with van der Waals surface area (Å²) in [6.45, 7) is 2.29. The molecule has 1 rings (SSSR count). The van der Waals surface area contributed by atoms with E-state index in [4.69, 9.17) is 0 Å². The topological polar surface area (TPSA) is 17.1 Å². The molecular weight excluding hydrogens is 340 g/mol. The maximum atomic E-state index is 11.0. The van der Waals surface area contributed by atoms with Crippen molar-refractivity contribution in [1.82, 2.24) is 0 Å². The summed E-state index contributed by atoms with van der Waals surface area (Å²) in [6, 6.07) is 8.01. The van der Waals surface area contributed by atoms with E-state index in [1.807, 2.05) is 18.2 Å². The second-order valence-electron chi connectivity index (χ2n) is 8.58. The first-order valence-corrected chi connectivity index (χ1v) is 12.4. The largest absolute Gasteiger partial charge is 0.298 e. The molecule has 0 fully saturated rings. The monoisotopic (exact) mass is 386 g/mol. The molecule has 1 aromatic rings. The Labute approximate surface area is 175 Å². The van der Waals surface area contributed by atoms with Gasteiger partial charge in [0.15, 0.2) is 0 Å². The molecule has 1 nitrogen and oxygen atoms in total. The Kier molecular flexibility index (Phi) is 17.1. The van der Waals surface area contributed by atoms with Gasteiger partial charge in [-0.3, -0.25) is 4.79 Å². The molecule has 160 valence electrons. The van der Waals surface area contributed by atoms with Gasteiger partial charge < -0.3 is 0 Å². The Morgan fingerprint density at radius 1 is 0.571 bits per heavy atom. The summed E-state index contributed by atoms with van der Waals surface area (Å²) in [7, 11) is 0. The van der Waals surface area contributed by atoms with Crippen molar-refractivity contribution >= 4 is 6.29 Å². The van der Waals surface area contributed by atoms with Crippen LogP contribution in [0.4, 0.5) is 0 Å². The highest BCUT2D eigenvalue weighted by atomic mass is 16.1. The predicted octanol–water partition coefficient (Wildman–Crippen LogP) is 9.08. The molecule has 1 heteroatoms. The lowest BCUT2D eigenvalue weighted by Crippen LogP contribution is -1.92. The summed E-state index contributed by atoms with van der Waals surface area (Å²) in [6.07, 6.45) is 27.4. The van der Waals surface area contributed by atoms with Crippen LogP contribution in [-0.4, -0.2) is 6.29 Å². The normalized spacial score (nSPS) is 11.0. The number of hydrogen-bond acceptors (Lipinski definition) is 1. The Balaban J connectivity index is 1.77. The Morgan fingerprint density at radius 3 is 1.39 bits per heavy atom. The minimum Gasteiger partial charge on any atom is -0.298 e. The van der Waals surface area contributed by atoms with E-state index >= 15 is 0 Å². The third kappa shape index (κ3) is 14.0. The van der Waals surface area contributed by atoms with Gasteiger partial charge in [0.2, 0.25) is 0 Å². The molecule has 0 aliphatic heterocycles. The van der Waals surface area contributed by atoms with Gasteiger partial charge in [-0.15, -0.1) is 0 Å². The molecule has 0 aliphatic rings. The van der Waals surface area contributed by atoms with Crippen molar-refractivity contribution in [2.75, 3.05) is 0 Å². The average molecular weight is 387 g/mol. The molecule has 1 aromatic carbocycles. The summed E-state index contributed by atoms with van der Waals surface area (Å²) in [5.41, 5.74) is 2.09. The van der Waals surface area contributed by atoms with Gasteiger partial charge in [0.05, 0.1) is 0 Å². The molecule has 0 heterocycles. The fourth-order valence-corrected chi connectivity index (χ4v) is 4.09. The number of carbonyl (C=O) groups excluding carboxylic acids is 1. The van der Waals surface area contributed by atoms with E-state index in [1.54, 1.807) is 0 Å². The molecule has 0 radical (unpaired) electrons. The van der Waals surface area contributed by atoms with Gasteiger partial charge in [-0.05, 0) is 18.4 Å². The summed E-state index contributed by atoms with van der Waals surface area (Å²) in [4.78, 5) is 11.0. The van der Waals surface area contributed by atoms with Gasteiger partial charge in [-0.25, -0.2) is 0 Å². The van der Waals surface area contributed by atoms with E-state index in [1.165, 1.54) is 121 Å². The minimum absolute atomic E-state index is 0.870. The highest BCUT2D eigenvalue weighted by Gasteiger charge is 2.00. The summed E-state index contributed by atoms with van der Waals surface area (Å²) in [5.74, 6) is 0. The van der Waals surface area contributed by atoms with Crippen LogP contribution in [-0.2, 0) is 6.42 Å². The fourth-order valence-electron chi connectivity index (χ4n) is 4.09. The van der Waals surface area contributed by atoms with Crippen LogP contribution in [0.3, 0.4) is 0 Å². The second-order valence-corrected chi connectivity index (χ2v) is 8.58. The van der Waals surface area contributed by atoms with Gasteiger partial charge in [-0.1, -0.05) is 140 Å². The summed E-state index contributed by atoms with van der Waals surface area (Å²) in [5, 5.41) is 0. The number of aldehydes is 1. The minimum atomic E-state index is 0.870. The van der Waals surface area contributed by atoms with Crippen LogP contribution in [0.5, 0.6) is 0 Å². The van der Waals surface area contributed by atoms with Crippen molar-refractivity contribution in [1.29, 1.82) is 0 Å². The first-order valence-electron chi connectivity index (χ1n) is 12.4. The van der Waals surface area contributed by atoms with Crippen LogP contribution < -0.4 is 0 Å². The van der Waals surface area contributed by atoms with E-state index in [0.717, 1.165) is 18.3 Å². The van der Waals surface area contributed by atoms with Crippen molar-refractivity contribution in [3.63, 3.8) is 0 Å². The molecule has 0 N–H and O–H groups in total. The Hall–Kier alpha value is -1.11. The molecule has 0 bridgehead atoms. The van der Waals surface area contributed by atoms with Gasteiger partial charge in [0.1, 0.15) is 6.29 Å². The maximum Gasteiger partial charge on any atom is 0.150 e. The van der Waals surface area contributed by atoms with Crippen LogP contribution in [0.15, 0.2) is 24.3 Å². The van der Waals surface area contributed by atoms with E-state index in [0.29, 0.717) is 0 Å². The van der Waals surface area contributed by atoms with E-state index in [9.17, 15) is 4.79 Å². The van der Waals surface area contributed by atoms with Crippen molar-refractivity contribution in [3.8, 4) is 0 Å². The quantitative estimate of drug-likeness (QED) is 0.161. The van der Waals surface area contributed by atoms with Crippen LogP contribution in [0, 0.1) is 0 Å². The van der Waals surface area contributed by atoms with E-state index < -0.39 is 0 Å². The second kappa shape index (κ2) is 19.2. The van der Waals surface area contributed by atoms with Gasteiger partial charge >= 0.3 is 0 Å². The van der Waals surface area contributed by atoms with Crippen molar-refractivity contribution < 1.29 is 4.79 Å². The van der Waals surface area contributed by atoms with Crippen LogP contribution >= 0.6 is 0 Å². The third-order valence-electron chi connectivity index (χ3n) is 5.98. The molecule has 0 aromatic heterocycles. The molecule has 0 aliphatic carbocycles. The zero-order valence-electron chi connectivity index (χ0n) is 18.7. The molecule has 28 heavy (non-hydrogen) atoms. The number of hydrogen-bond donors (Lipinski definition) is 0. The zero-order valence-corrected chi connectivity index (χ0v) is 18.7. The smallest absolute Gasteiger partial charge is 0.150 e. The summed E-state index contributed by atoms with van der Waals surface area (Å²) < 4.78 is 0. The van der Waals surface area contributed by atoms with Crippen LogP contribution in [0.1, 0.15) is 138 Å². The van der Waals surface area contributed by atoms with E-state index in [2.05, 4.69) is 13.0 Å². The van der Waals surface area contributed by atoms with Crippen molar-refractivity contribution in [2.45, 2.75) is 129 Å². The third-order valence-corrected chi connectivity index (χ3v) is 5.98. The van der Waals surface area contributed by atoms with Crippen LogP contribution in [0.25, 0.3) is 0 Å². The Morgan fingerprint density at radius 2 is 0.964 bits per heavy atom. The number of benzene rings is 1. The molecule has 0 spiro atoms. The van der Waals surface area contributed by atoms with Crippen molar-refractivity contribution in [2.24, 2.45) is 0 Å². The predicted molar refractivity (Wildman–Crippen MR) is 124 cm³/mol. The van der Waals surface area contributed by atoms with E-state index in [-0.39, 0.29) is 0 Å². The fraction of sp³-hybridized carbons (Fsp3) is 0.741. The molecule has 0 saturated heterocycles. The lowest BCUT2D eigenvalue weighted by Gasteiger charge is -2.05. The average Bonchev–Trinajstić information content (AvgIpc) is 2.73. The number of carbonyl (C=O) groups is 1. The molecule has 0 saturated carbocycles.